The van der Waals surface area contributed by atoms with Crippen LogP contribution in [0.1, 0.15) is 17.2 Å². The predicted octanol–water partition coefficient (Wildman–Crippen LogP) is 3.19. The quantitative estimate of drug-likeness (QED) is 0.907. The summed E-state index contributed by atoms with van der Waals surface area (Å²) in [7, 11) is 0. The van der Waals surface area contributed by atoms with Crippen LogP contribution in [0.5, 0.6) is 0 Å². The minimum absolute atomic E-state index is 0.361. The van der Waals surface area contributed by atoms with Crippen molar-refractivity contribution in [1.29, 1.82) is 0 Å². The van der Waals surface area contributed by atoms with Gasteiger partial charge in [-0.2, -0.15) is 0 Å². The van der Waals surface area contributed by atoms with E-state index in [0.717, 1.165) is 5.56 Å². The molecular formula is C15H15BrFNO. The van der Waals surface area contributed by atoms with Gasteiger partial charge < -0.3 is 10.8 Å². The highest BCUT2D eigenvalue weighted by molar-refractivity contribution is 9.10. The van der Waals surface area contributed by atoms with Crippen LogP contribution in [0, 0.1) is 5.82 Å². The molecule has 0 bridgehead atoms. The van der Waals surface area contributed by atoms with E-state index in [1.165, 1.54) is 12.1 Å². The molecule has 0 heterocycles. The fourth-order valence-corrected chi connectivity index (χ4v) is 2.47. The number of hydrogen-bond acceptors (Lipinski definition) is 2. The third-order valence-electron chi connectivity index (χ3n) is 3.02. The summed E-state index contributed by atoms with van der Waals surface area (Å²) < 4.78 is 13.9. The van der Waals surface area contributed by atoms with Crippen molar-refractivity contribution in [2.75, 3.05) is 0 Å². The van der Waals surface area contributed by atoms with Crippen molar-refractivity contribution in [3.63, 3.8) is 0 Å². The summed E-state index contributed by atoms with van der Waals surface area (Å²) in [5.41, 5.74) is 7.58. The van der Waals surface area contributed by atoms with E-state index in [2.05, 4.69) is 15.9 Å². The summed E-state index contributed by atoms with van der Waals surface area (Å²) in [5, 5.41) is 10.2. The van der Waals surface area contributed by atoms with Crippen LogP contribution < -0.4 is 5.73 Å². The Bertz CT molecular complexity index is 547. The maximum absolute atomic E-state index is 13.2. The number of benzene rings is 2. The van der Waals surface area contributed by atoms with Crippen molar-refractivity contribution in [2.45, 2.75) is 18.6 Å². The zero-order valence-corrected chi connectivity index (χ0v) is 11.8. The van der Waals surface area contributed by atoms with Crippen molar-refractivity contribution in [3.05, 3.63) is 69.9 Å². The van der Waals surface area contributed by atoms with Gasteiger partial charge in [0.1, 0.15) is 5.82 Å². The second-order valence-electron chi connectivity index (χ2n) is 4.45. The molecule has 3 N–H and O–H groups in total. The SMILES string of the molecule is N[C@@H](c1cc(F)ccc1Br)[C@H](O)Cc1ccccc1. The largest absolute Gasteiger partial charge is 0.391 e. The lowest BCUT2D eigenvalue weighted by molar-refractivity contribution is 0.144. The summed E-state index contributed by atoms with van der Waals surface area (Å²) in [6.45, 7) is 0. The van der Waals surface area contributed by atoms with Crippen LogP contribution in [0.15, 0.2) is 53.0 Å². The molecule has 2 aromatic rings. The smallest absolute Gasteiger partial charge is 0.123 e. The van der Waals surface area contributed by atoms with Crippen LogP contribution in [-0.4, -0.2) is 11.2 Å². The predicted molar refractivity (Wildman–Crippen MR) is 77.2 cm³/mol. The van der Waals surface area contributed by atoms with E-state index in [1.807, 2.05) is 30.3 Å². The third-order valence-corrected chi connectivity index (χ3v) is 3.74. The highest BCUT2D eigenvalue weighted by atomic mass is 79.9. The van der Waals surface area contributed by atoms with E-state index in [1.54, 1.807) is 6.07 Å². The van der Waals surface area contributed by atoms with E-state index in [0.29, 0.717) is 16.5 Å². The Kier molecular flexibility index (Phi) is 4.69. The van der Waals surface area contributed by atoms with Gasteiger partial charge in [0.25, 0.3) is 0 Å². The van der Waals surface area contributed by atoms with E-state index in [-0.39, 0.29) is 5.82 Å². The molecule has 0 saturated heterocycles. The number of aliphatic hydroxyl groups excluding tert-OH is 1. The van der Waals surface area contributed by atoms with Crippen molar-refractivity contribution in [3.8, 4) is 0 Å². The maximum Gasteiger partial charge on any atom is 0.123 e. The second-order valence-corrected chi connectivity index (χ2v) is 5.30. The molecule has 0 unspecified atom stereocenters. The van der Waals surface area contributed by atoms with E-state index < -0.39 is 12.1 Å². The Hall–Kier alpha value is -1.23. The first-order valence-corrected chi connectivity index (χ1v) is 6.80. The molecule has 0 aromatic heterocycles. The fraction of sp³-hybridized carbons (Fsp3) is 0.200. The summed E-state index contributed by atoms with van der Waals surface area (Å²) >= 11 is 3.33. The van der Waals surface area contributed by atoms with Gasteiger partial charge in [-0.3, -0.25) is 0 Å². The topological polar surface area (TPSA) is 46.2 Å². The number of halogens is 2. The molecule has 0 aliphatic carbocycles. The average molecular weight is 324 g/mol. The standard InChI is InChI=1S/C15H15BrFNO/c16-13-7-6-11(17)9-12(13)15(18)14(19)8-10-4-2-1-3-5-10/h1-7,9,14-15,19H,8,18H2/t14-,15+/m1/s1. The van der Waals surface area contributed by atoms with E-state index in [9.17, 15) is 9.50 Å². The molecule has 0 radical (unpaired) electrons. The van der Waals surface area contributed by atoms with Gasteiger partial charge in [-0.15, -0.1) is 0 Å². The zero-order valence-electron chi connectivity index (χ0n) is 10.3. The maximum atomic E-state index is 13.2. The van der Waals surface area contributed by atoms with E-state index >= 15 is 0 Å². The molecule has 100 valence electrons. The molecule has 2 atom stereocenters. The van der Waals surface area contributed by atoms with Gasteiger partial charge in [0.05, 0.1) is 12.1 Å². The third kappa shape index (κ3) is 3.62. The summed E-state index contributed by atoms with van der Waals surface area (Å²) in [6, 6.07) is 13.3. The average Bonchev–Trinajstić information content (AvgIpc) is 2.42. The highest BCUT2D eigenvalue weighted by Crippen LogP contribution is 2.26. The minimum Gasteiger partial charge on any atom is -0.391 e. The second kappa shape index (κ2) is 6.28. The number of aliphatic hydroxyl groups is 1. The van der Waals surface area contributed by atoms with Gasteiger partial charge in [-0.25, -0.2) is 4.39 Å². The van der Waals surface area contributed by atoms with Gasteiger partial charge >= 0.3 is 0 Å². The molecule has 0 fully saturated rings. The molecule has 2 rings (SSSR count). The Morgan fingerprint density at radius 1 is 1.16 bits per heavy atom. The molecule has 0 amide bonds. The summed E-state index contributed by atoms with van der Waals surface area (Å²) in [5.74, 6) is -0.361. The molecule has 4 heteroatoms. The zero-order chi connectivity index (χ0) is 13.8. The van der Waals surface area contributed by atoms with Crippen LogP contribution in [-0.2, 0) is 6.42 Å². The van der Waals surface area contributed by atoms with Crippen molar-refractivity contribution < 1.29 is 9.50 Å². The molecule has 0 spiro atoms. The van der Waals surface area contributed by atoms with Gasteiger partial charge in [-0.05, 0) is 29.3 Å². The van der Waals surface area contributed by atoms with Crippen LogP contribution in [0.3, 0.4) is 0 Å². The van der Waals surface area contributed by atoms with Gasteiger partial charge in [-0.1, -0.05) is 46.3 Å². The van der Waals surface area contributed by atoms with Gasteiger partial charge in [0, 0.05) is 10.9 Å². The first kappa shape index (κ1) is 14.2. The van der Waals surface area contributed by atoms with Crippen LogP contribution in [0.4, 0.5) is 4.39 Å². The minimum atomic E-state index is -0.763. The lowest BCUT2D eigenvalue weighted by Crippen LogP contribution is -2.28. The normalized spacial score (nSPS) is 14.1. The van der Waals surface area contributed by atoms with Crippen molar-refractivity contribution >= 4 is 15.9 Å². The molecule has 0 aliphatic rings. The fourth-order valence-electron chi connectivity index (χ4n) is 1.96. The van der Waals surface area contributed by atoms with Crippen LogP contribution in [0.25, 0.3) is 0 Å². The van der Waals surface area contributed by atoms with Crippen LogP contribution >= 0.6 is 15.9 Å². The van der Waals surface area contributed by atoms with Gasteiger partial charge in [0.15, 0.2) is 0 Å². The van der Waals surface area contributed by atoms with Crippen molar-refractivity contribution in [2.24, 2.45) is 5.73 Å². The summed E-state index contributed by atoms with van der Waals surface area (Å²) in [4.78, 5) is 0. The number of rotatable bonds is 4. The number of nitrogens with two attached hydrogens (primary N) is 1. The molecular weight excluding hydrogens is 309 g/mol. The summed E-state index contributed by atoms with van der Waals surface area (Å²) in [6.07, 6.45) is -0.328. The lowest BCUT2D eigenvalue weighted by Gasteiger charge is -2.20. The number of hydrogen-bond donors (Lipinski definition) is 2. The molecule has 0 saturated carbocycles. The Balaban J connectivity index is 2.14. The first-order chi connectivity index (χ1) is 9.08. The Morgan fingerprint density at radius 3 is 2.53 bits per heavy atom. The Labute approximate surface area is 120 Å². The van der Waals surface area contributed by atoms with Gasteiger partial charge in [0.2, 0.25) is 0 Å². The molecule has 2 aromatic carbocycles. The monoisotopic (exact) mass is 323 g/mol. The lowest BCUT2D eigenvalue weighted by atomic mass is 9.97. The Morgan fingerprint density at radius 2 is 1.84 bits per heavy atom. The van der Waals surface area contributed by atoms with Crippen LogP contribution in [0.2, 0.25) is 0 Å². The van der Waals surface area contributed by atoms with Crippen molar-refractivity contribution in [1.82, 2.24) is 0 Å². The first-order valence-electron chi connectivity index (χ1n) is 6.00. The molecule has 2 nitrogen and oxygen atoms in total. The van der Waals surface area contributed by atoms with E-state index in [4.69, 9.17) is 5.73 Å². The highest BCUT2D eigenvalue weighted by Gasteiger charge is 2.20. The molecule has 19 heavy (non-hydrogen) atoms. The molecule has 0 aliphatic heterocycles.